The molecule has 1 unspecified atom stereocenters. The quantitative estimate of drug-likeness (QED) is 0.177. The van der Waals surface area contributed by atoms with E-state index in [0.29, 0.717) is 11.5 Å². The van der Waals surface area contributed by atoms with E-state index in [2.05, 4.69) is 71.1 Å². The zero-order valence-corrected chi connectivity index (χ0v) is 20.8. The van der Waals surface area contributed by atoms with E-state index in [4.69, 9.17) is 0 Å². The Bertz CT molecular complexity index is 908. The van der Waals surface area contributed by atoms with Crippen molar-refractivity contribution in [2.45, 2.75) is 61.0 Å². The second kappa shape index (κ2) is 13.6. The maximum Gasteiger partial charge on any atom is 0.145 e. The molecule has 0 amide bonds. The van der Waals surface area contributed by atoms with Gasteiger partial charge in [0.2, 0.25) is 0 Å². The molecule has 0 aromatic carbocycles. The molecule has 0 fully saturated rings. The van der Waals surface area contributed by atoms with Gasteiger partial charge in [0.15, 0.2) is 0 Å². The highest BCUT2D eigenvalue weighted by Crippen LogP contribution is 2.41. The van der Waals surface area contributed by atoms with Crippen LogP contribution in [0.4, 0.5) is 0 Å². The van der Waals surface area contributed by atoms with Gasteiger partial charge >= 0.3 is 0 Å². The first-order valence-corrected chi connectivity index (χ1v) is 11.3. The summed E-state index contributed by atoms with van der Waals surface area (Å²) in [5.74, 6) is 0.349. The van der Waals surface area contributed by atoms with Crippen molar-refractivity contribution in [1.29, 1.82) is 0 Å². The van der Waals surface area contributed by atoms with Crippen molar-refractivity contribution in [2.24, 2.45) is 11.3 Å². The van der Waals surface area contributed by atoms with Crippen molar-refractivity contribution in [3.8, 4) is 0 Å². The molecule has 0 saturated carbocycles. The lowest BCUT2D eigenvalue weighted by Gasteiger charge is -2.38. The highest BCUT2D eigenvalue weighted by atomic mass is 16.3. The van der Waals surface area contributed by atoms with E-state index in [0.717, 1.165) is 18.3 Å². The minimum atomic E-state index is -0.330. The molecule has 0 heterocycles. The molecule has 32 heavy (non-hydrogen) atoms. The van der Waals surface area contributed by atoms with Crippen LogP contribution in [0.15, 0.2) is 107 Å². The summed E-state index contributed by atoms with van der Waals surface area (Å²) in [6.45, 7) is 14.5. The van der Waals surface area contributed by atoms with E-state index in [1.54, 1.807) is 13.0 Å². The fourth-order valence-corrected chi connectivity index (χ4v) is 3.73. The van der Waals surface area contributed by atoms with Crippen molar-refractivity contribution in [1.82, 2.24) is 0 Å². The van der Waals surface area contributed by atoms with Gasteiger partial charge in [-0.05, 0) is 52.0 Å². The molecule has 0 radical (unpaired) electrons. The van der Waals surface area contributed by atoms with Crippen LogP contribution in [0.5, 0.6) is 0 Å². The second-order valence-corrected chi connectivity index (χ2v) is 9.37. The van der Waals surface area contributed by atoms with Crippen LogP contribution in [0.2, 0.25) is 0 Å². The number of allylic oxidation sites excluding steroid dienone is 17. The third-order valence-corrected chi connectivity index (χ3v) is 5.53. The highest BCUT2D eigenvalue weighted by Gasteiger charge is 2.34. The highest BCUT2D eigenvalue weighted by molar-refractivity contribution is 5.72. The molecule has 0 saturated heterocycles. The molecule has 2 heteroatoms. The van der Waals surface area contributed by atoms with Crippen LogP contribution in [-0.4, -0.2) is 17.5 Å². The maximum atomic E-state index is 10.6. The van der Waals surface area contributed by atoms with Crippen molar-refractivity contribution in [3.63, 3.8) is 0 Å². The van der Waals surface area contributed by atoms with E-state index in [-0.39, 0.29) is 11.5 Å². The number of carbonyl (C=O) groups is 1. The van der Waals surface area contributed by atoms with Gasteiger partial charge in [-0.15, -0.1) is 0 Å². The molecular formula is C30H40O2. The van der Waals surface area contributed by atoms with Crippen molar-refractivity contribution in [2.75, 3.05) is 0 Å². The molecule has 1 rings (SSSR count). The molecule has 0 spiro atoms. The largest absolute Gasteiger partial charge is 0.389 e. The van der Waals surface area contributed by atoms with Crippen molar-refractivity contribution < 1.29 is 9.90 Å². The van der Waals surface area contributed by atoms with Crippen LogP contribution in [0.25, 0.3) is 0 Å². The molecule has 0 aromatic heterocycles. The first-order valence-electron chi connectivity index (χ1n) is 11.3. The fraction of sp³-hybridized carbons (Fsp3) is 0.367. The SMILES string of the molecule is CC1=C[C@@H](O)CC(C)(C)C1/C=C/C(C)=C/C=C/C(C)=C/C=C/C=C(C)/C=C/C=C(\C)C=O. The summed E-state index contributed by atoms with van der Waals surface area (Å²) in [7, 11) is 0. The summed E-state index contributed by atoms with van der Waals surface area (Å²) < 4.78 is 0. The van der Waals surface area contributed by atoms with E-state index >= 15 is 0 Å². The standard InChI is InChI=1S/C30H40O2/c1-23(12-8-9-13-24(2)15-11-17-26(4)22-31)14-10-16-25(3)18-19-29-27(5)20-28(32)21-30(29,6)7/h8-20,22,28-29,32H,21H2,1-7H3/b9-8+,14-10+,15-11+,19-18+,23-12+,24-13+,25-16+,26-17+/t28-,29?/m1/s1. The normalized spacial score (nSPS) is 23.7. The van der Waals surface area contributed by atoms with Gasteiger partial charge < -0.3 is 5.11 Å². The predicted octanol–water partition coefficient (Wildman–Crippen LogP) is 7.55. The van der Waals surface area contributed by atoms with Gasteiger partial charge in [-0.1, -0.05) is 115 Å². The lowest BCUT2D eigenvalue weighted by molar-refractivity contribution is -0.104. The minimum absolute atomic E-state index is 0.0598. The van der Waals surface area contributed by atoms with E-state index in [1.807, 2.05) is 43.4 Å². The van der Waals surface area contributed by atoms with Gasteiger partial charge in [0.25, 0.3) is 0 Å². The van der Waals surface area contributed by atoms with E-state index in [9.17, 15) is 9.90 Å². The molecule has 1 aliphatic carbocycles. The summed E-state index contributed by atoms with van der Waals surface area (Å²) in [5.41, 5.74) is 5.49. The Morgan fingerprint density at radius 2 is 1.31 bits per heavy atom. The molecule has 0 bridgehead atoms. The molecule has 0 aliphatic heterocycles. The van der Waals surface area contributed by atoms with Gasteiger partial charge in [-0.3, -0.25) is 4.79 Å². The minimum Gasteiger partial charge on any atom is -0.389 e. The van der Waals surface area contributed by atoms with Crippen molar-refractivity contribution in [3.05, 3.63) is 107 Å². The van der Waals surface area contributed by atoms with Crippen LogP contribution < -0.4 is 0 Å². The van der Waals surface area contributed by atoms with Crippen LogP contribution in [0, 0.1) is 11.3 Å². The van der Waals surface area contributed by atoms with Gasteiger partial charge in [0, 0.05) is 5.92 Å². The Kier molecular flexibility index (Phi) is 11.7. The summed E-state index contributed by atoms with van der Waals surface area (Å²) in [6, 6.07) is 0. The molecule has 1 aliphatic rings. The molecule has 2 nitrogen and oxygen atoms in total. The van der Waals surface area contributed by atoms with Crippen LogP contribution >= 0.6 is 0 Å². The molecule has 2 atom stereocenters. The van der Waals surface area contributed by atoms with Gasteiger partial charge in [0.1, 0.15) is 6.29 Å². The zero-order valence-electron chi connectivity index (χ0n) is 20.8. The Morgan fingerprint density at radius 3 is 1.81 bits per heavy atom. The number of aliphatic hydroxyl groups is 1. The first-order chi connectivity index (χ1) is 15.0. The van der Waals surface area contributed by atoms with Gasteiger partial charge in [0.05, 0.1) is 6.10 Å². The summed E-state index contributed by atoms with van der Waals surface area (Å²) in [6.07, 6.45) is 27.8. The number of aldehydes is 1. The summed E-state index contributed by atoms with van der Waals surface area (Å²) in [4.78, 5) is 10.6. The van der Waals surface area contributed by atoms with Gasteiger partial charge in [-0.25, -0.2) is 0 Å². The lowest BCUT2D eigenvalue weighted by Crippen LogP contribution is -2.32. The van der Waals surface area contributed by atoms with Crippen LogP contribution in [0.3, 0.4) is 0 Å². The Labute approximate surface area is 195 Å². The Hall–Kier alpha value is -2.71. The molecular weight excluding hydrogens is 392 g/mol. The second-order valence-electron chi connectivity index (χ2n) is 9.37. The number of aliphatic hydroxyl groups excluding tert-OH is 1. The maximum absolute atomic E-state index is 10.6. The topological polar surface area (TPSA) is 37.3 Å². The smallest absolute Gasteiger partial charge is 0.145 e. The Balaban J connectivity index is 2.66. The third kappa shape index (κ3) is 10.5. The summed E-state index contributed by atoms with van der Waals surface area (Å²) >= 11 is 0. The number of rotatable bonds is 9. The fourth-order valence-electron chi connectivity index (χ4n) is 3.73. The Morgan fingerprint density at radius 1 is 0.844 bits per heavy atom. The average Bonchev–Trinajstić information content (AvgIpc) is 2.69. The third-order valence-electron chi connectivity index (χ3n) is 5.53. The number of hydrogen-bond donors (Lipinski definition) is 1. The molecule has 172 valence electrons. The van der Waals surface area contributed by atoms with E-state index < -0.39 is 0 Å². The zero-order chi connectivity index (χ0) is 24.1. The molecule has 0 aromatic rings. The number of hydrogen-bond acceptors (Lipinski definition) is 2. The van der Waals surface area contributed by atoms with Crippen LogP contribution in [0.1, 0.15) is 54.9 Å². The summed E-state index contributed by atoms with van der Waals surface area (Å²) in [5, 5.41) is 9.99. The van der Waals surface area contributed by atoms with Gasteiger partial charge in [-0.2, -0.15) is 0 Å². The van der Waals surface area contributed by atoms with Crippen LogP contribution in [-0.2, 0) is 4.79 Å². The van der Waals surface area contributed by atoms with Crippen molar-refractivity contribution >= 4 is 6.29 Å². The lowest BCUT2D eigenvalue weighted by atomic mass is 9.67. The molecule has 1 N–H and O–H groups in total. The first kappa shape index (κ1) is 27.3. The predicted molar refractivity (Wildman–Crippen MR) is 139 cm³/mol. The monoisotopic (exact) mass is 432 g/mol. The number of carbonyl (C=O) groups excluding carboxylic acids is 1. The average molecular weight is 433 g/mol. The van der Waals surface area contributed by atoms with E-state index in [1.165, 1.54) is 16.7 Å².